The molecule has 2 heterocycles. The van der Waals surface area contributed by atoms with Crippen LogP contribution in [0.3, 0.4) is 0 Å². The van der Waals surface area contributed by atoms with Crippen LogP contribution in [0.2, 0.25) is 10.0 Å². The Morgan fingerprint density at radius 1 is 1.06 bits per heavy atom. The molecule has 9 nitrogen and oxygen atoms in total. The zero-order valence-corrected chi connectivity index (χ0v) is 20.2. The second-order valence-corrected chi connectivity index (χ2v) is 8.81. The number of aliphatic carboxylic acids is 1. The molecule has 0 radical (unpaired) electrons. The van der Waals surface area contributed by atoms with Crippen LogP contribution in [0, 0.1) is 0 Å². The van der Waals surface area contributed by atoms with Crippen molar-refractivity contribution >= 4 is 64.3 Å². The van der Waals surface area contributed by atoms with Crippen molar-refractivity contribution in [1.82, 2.24) is 16.0 Å². The monoisotopic (exact) mass is 535 g/mol. The molecule has 0 spiro atoms. The van der Waals surface area contributed by atoms with Gasteiger partial charge >= 0.3 is 5.97 Å². The number of nitrogens with one attached hydrogen (secondary N) is 3. The average Bonchev–Trinajstić information content (AvgIpc) is 3.52. The van der Waals surface area contributed by atoms with Gasteiger partial charge in [0, 0.05) is 19.2 Å². The lowest BCUT2D eigenvalue weighted by molar-refractivity contribution is -0.139. The highest BCUT2D eigenvalue weighted by Crippen LogP contribution is 2.27. The number of carbonyl (C=O) groups excluding carboxylic acids is 3. The number of furan rings is 1. The van der Waals surface area contributed by atoms with Crippen LogP contribution in [0.4, 0.5) is 0 Å². The topological polar surface area (TPSA) is 138 Å². The largest absolute Gasteiger partial charge is 0.480 e. The molecule has 0 unspecified atom stereocenters. The van der Waals surface area contributed by atoms with E-state index in [2.05, 4.69) is 16.0 Å². The van der Waals surface area contributed by atoms with Crippen molar-refractivity contribution in [2.24, 2.45) is 0 Å². The Kier molecular flexibility index (Phi) is 9.07. The second kappa shape index (κ2) is 12.2. The van der Waals surface area contributed by atoms with E-state index in [0.717, 1.165) is 0 Å². The summed E-state index contributed by atoms with van der Waals surface area (Å²) in [5.41, 5.74) is 0.395. The van der Waals surface area contributed by atoms with E-state index in [1.165, 1.54) is 41.9 Å². The van der Waals surface area contributed by atoms with E-state index in [1.807, 2.05) is 0 Å². The smallest absolute Gasteiger partial charge is 0.328 e. The fourth-order valence-corrected chi connectivity index (χ4v) is 4.20. The highest BCUT2D eigenvalue weighted by molar-refractivity contribution is 7.12. The van der Waals surface area contributed by atoms with E-state index in [0.29, 0.717) is 16.2 Å². The van der Waals surface area contributed by atoms with Crippen molar-refractivity contribution in [2.45, 2.75) is 12.6 Å². The van der Waals surface area contributed by atoms with Crippen molar-refractivity contribution in [1.29, 1.82) is 0 Å². The van der Waals surface area contributed by atoms with Gasteiger partial charge in [-0.2, -0.15) is 0 Å². The van der Waals surface area contributed by atoms with Gasteiger partial charge in [-0.25, -0.2) is 4.79 Å². The summed E-state index contributed by atoms with van der Waals surface area (Å²) < 4.78 is 5.10. The minimum absolute atomic E-state index is 0.0304. The first-order chi connectivity index (χ1) is 16.7. The molecule has 0 bridgehead atoms. The average molecular weight is 536 g/mol. The van der Waals surface area contributed by atoms with Gasteiger partial charge in [-0.1, -0.05) is 29.3 Å². The molecule has 182 valence electrons. The summed E-state index contributed by atoms with van der Waals surface area (Å²) in [7, 11) is 0. The van der Waals surface area contributed by atoms with Gasteiger partial charge < -0.3 is 25.5 Å². The molecule has 12 heteroatoms. The summed E-state index contributed by atoms with van der Waals surface area (Å²) in [6.45, 7) is -0.266. The van der Waals surface area contributed by atoms with E-state index in [4.69, 9.17) is 27.6 Å². The molecule has 0 aliphatic heterocycles. The zero-order chi connectivity index (χ0) is 25.4. The van der Waals surface area contributed by atoms with Crippen LogP contribution in [0.15, 0.2) is 58.5 Å². The van der Waals surface area contributed by atoms with Crippen molar-refractivity contribution < 1.29 is 28.7 Å². The van der Waals surface area contributed by atoms with Gasteiger partial charge in [-0.05, 0) is 47.4 Å². The lowest BCUT2D eigenvalue weighted by Gasteiger charge is -2.17. The van der Waals surface area contributed by atoms with Gasteiger partial charge in [-0.15, -0.1) is 11.3 Å². The summed E-state index contributed by atoms with van der Waals surface area (Å²) in [6.07, 6.45) is 4.29. The molecule has 2 aromatic heterocycles. The van der Waals surface area contributed by atoms with Gasteiger partial charge in [0.05, 0.1) is 26.7 Å². The SMILES string of the molecule is O=C(/C=C/c1ccco1)NCc1cc(Cl)c(C(=O)N[C@@H](CNC(=O)c2cccs2)C(=O)O)c(Cl)c1. The van der Waals surface area contributed by atoms with Gasteiger partial charge in [-0.3, -0.25) is 14.4 Å². The first-order valence-electron chi connectivity index (χ1n) is 10.1. The summed E-state index contributed by atoms with van der Waals surface area (Å²) in [6, 6.07) is 8.12. The first-order valence-corrected chi connectivity index (χ1v) is 11.7. The Morgan fingerprint density at radius 2 is 1.80 bits per heavy atom. The molecule has 3 rings (SSSR count). The third kappa shape index (κ3) is 7.44. The molecule has 35 heavy (non-hydrogen) atoms. The molecule has 0 saturated heterocycles. The van der Waals surface area contributed by atoms with Crippen LogP contribution in [0.25, 0.3) is 6.08 Å². The summed E-state index contributed by atoms with van der Waals surface area (Å²) in [5, 5.41) is 18.5. The maximum Gasteiger partial charge on any atom is 0.328 e. The van der Waals surface area contributed by atoms with Crippen molar-refractivity contribution in [3.63, 3.8) is 0 Å². The number of carboxylic acid groups (broad SMARTS) is 1. The molecule has 0 saturated carbocycles. The molecule has 0 aliphatic carbocycles. The normalized spacial score (nSPS) is 11.7. The molecule has 0 aliphatic rings. The third-order valence-electron chi connectivity index (χ3n) is 4.55. The maximum atomic E-state index is 12.7. The fraction of sp³-hybridized carbons (Fsp3) is 0.130. The minimum atomic E-state index is -1.42. The molecule has 4 N–H and O–H groups in total. The van der Waals surface area contributed by atoms with Crippen LogP contribution < -0.4 is 16.0 Å². The quantitative estimate of drug-likeness (QED) is 0.292. The number of hydrogen-bond donors (Lipinski definition) is 4. The van der Waals surface area contributed by atoms with Crippen LogP contribution >= 0.6 is 34.5 Å². The Morgan fingerprint density at radius 3 is 2.40 bits per heavy atom. The molecular formula is C23H19Cl2N3O6S. The zero-order valence-electron chi connectivity index (χ0n) is 17.9. The van der Waals surface area contributed by atoms with Gasteiger partial charge in [0.1, 0.15) is 11.8 Å². The van der Waals surface area contributed by atoms with E-state index in [-0.39, 0.29) is 34.6 Å². The maximum absolute atomic E-state index is 12.7. The van der Waals surface area contributed by atoms with Crippen LogP contribution in [0.5, 0.6) is 0 Å². The minimum Gasteiger partial charge on any atom is -0.480 e. The van der Waals surface area contributed by atoms with E-state index >= 15 is 0 Å². The highest BCUT2D eigenvalue weighted by Gasteiger charge is 2.25. The third-order valence-corrected chi connectivity index (χ3v) is 6.02. The number of amides is 3. The van der Waals surface area contributed by atoms with Crippen LogP contribution in [-0.2, 0) is 16.1 Å². The van der Waals surface area contributed by atoms with E-state index in [9.17, 15) is 24.3 Å². The van der Waals surface area contributed by atoms with E-state index in [1.54, 1.807) is 29.6 Å². The highest BCUT2D eigenvalue weighted by atomic mass is 35.5. The Balaban J connectivity index is 1.60. The molecule has 0 fully saturated rings. The lowest BCUT2D eigenvalue weighted by Crippen LogP contribution is -2.48. The Bertz CT molecular complexity index is 1220. The van der Waals surface area contributed by atoms with E-state index < -0.39 is 23.8 Å². The number of carbonyl (C=O) groups is 4. The standard InChI is InChI=1S/C23H19Cl2N3O6S/c24-15-9-13(11-26-19(29)6-5-14-3-1-7-34-14)10-16(25)20(15)22(31)28-17(23(32)33)12-27-21(30)18-4-2-8-35-18/h1-10,17H,11-12H2,(H,26,29)(H,27,30)(H,28,31)(H,32,33)/b6-5+/t17-/m0/s1. The second-order valence-electron chi connectivity index (χ2n) is 7.05. The van der Waals surface area contributed by atoms with Crippen molar-refractivity contribution in [3.05, 3.63) is 85.9 Å². The number of rotatable bonds is 10. The molecule has 1 aromatic carbocycles. The fourth-order valence-electron chi connectivity index (χ4n) is 2.86. The van der Waals surface area contributed by atoms with Crippen molar-refractivity contribution in [2.75, 3.05) is 6.54 Å². The molecule has 3 aromatic rings. The Hall–Kier alpha value is -3.60. The molecule has 3 amide bonds. The summed E-state index contributed by atoms with van der Waals surface area (Å²) >= 11 is 13.7. The van der Waals surface area contributed by atoms with Crippen LogP contribution in [0.1, 0.15) is 31.4 Å². The van der Waals surface area contributed by atoms with Gasteiger partial charge in [0.15, 0.2) is 0 Å². The number of halogens is 2. The first kappa shape index (κ1) is 26.0. The number of benzene rings is 1. The van der Waals surface area contributed by atoms with Gasteiger partial charge in [0.2, 0.25) is 5.91 Å². The predicted octanol–water partition coefficient (Wildman–Crippen LogP) is 3.59. The lowest BCUT2D eigenvalue weighted by atomic mass is 10.1. The molecule has 1 atom stereocenters. The van der Waals surface area contributed by atoms with Gasteiger partial charge in [0.25, 0.3) is 11.8 Å². The summed E-state index contributed by atoms with van der Waals surface area (Å²) in [4.78, 5) is 48.7. The number of carboxylic acids is 1. The number of hydrogen-bond acceptors (Lipinski definition) is 6. The predicted molar refractivity (Wildman–Crippen MR) is 132 cm³/mol. The summed E-state index contributed by atoms with van der Waals surface area (Å²) in [5.74, 6) is -2.49. The van der Waals surface area contributed by atoms with Crippen LogP contribution in [-0.4, -0.2) is 41.4 Å². The number of thiophene rings is 1. The molecular weight excluding hydrogens is 517 g/mol. The Labute approximate surface area is 213 Å². The van der Waals surface area contributed by atoms with Crippen molar-refractivity contribution in [3.8, 4) is 0 Å².